The molecule has 0 aliphatic rings. The largest absolute Gasteiger partial charge is 0.545 e. The maximum atomic E-state index is 12.6. The molecule has 0 unspecified atom stereocenters. The maximum absolute atomic E-state index is 12.6. The molecule has 0 bridgehead atoms. The summed E-state index contributed by atoms with van der Waals surface area (Å²) in [4.78, 5) is 24.6. The monoisotopic (exact) mass is 739 g/mol. The number of aromatic carboxylic acids is 2. The molecule has 0 aromatic heterocycles. The van der Waals surface area contributed by atoms with E-state index in [1.807, 2.05) is 0 Å². The Hall–Kier alpha value is -1.84. The van der Waals surface area contributed by atoms with Gasteiger partial charge in [-0.15, -0.1) is 0 Å². The summed E-state index contributed by atoms with van der Waals surface area (Å²) in [6, 6.07) is 4.52. The van der Waals surface area contributed by atoms with E-state index in [2.05, 4.69) is 20.8 Å². The molecule has 0 saturated carbocycles. The van der Waals surface area contributed by atoms with E-state index in [-0.39, 0.29) is 16.5 Å². The molecule has 1 rings (SSSR count). The van der Waals surface area contributed by atoms with Gasteiger partial charge in [-0.05, 0) is 41.9 Å². The van der Waals surface area contributed by atoms with Crippen molar-refractivity contribution in [1.82, 2.24) is 0 Å². The van der Waals surface area contributed by atoms with Crippen molar-refractivity contribution in [2.24, 2.45) is 0 Å². The van der Waals surface area contributed by atoms with E-state index in [1.54, 1.807) is 6.07 Å². The van der Waals surface area contributed by atoms with Crippen LogP contribution in [0.4, 0.5) is 0 Å². The number of unbranched alkanes of at least 4 members (excludes halogenated alkanes) is 31. The maximum Gasteiger partial charge on any atom is 0.0718 e. The first-order chi connectivity index (χ1) is 25.9. The fraction of sp³-hybridized carbons (Fsp3) is 0.837. The Bertz CT molecular complexity index is 974. The molecule has 0 fully saturated rings. The van der Waals surface area contributed by atoms with Crippen LogP contribution in [0.25, 0.3) is 0 Å². The van der Waals surface area contributed by atoms with E-state index in [0.29, 0.717) is 5.56 Å². The summed E-state index contributed by atoms with van der Waals surface area (Å²) in [5.74, 6) is -2.43. The second kappa shape index (κ2) is 34.6. The highest BCUT2D eigenvalue weighted by Gasteiger charge is 2.33. The normalized spacial score (nSPS) is 11.8. The minimum Gasteiger partial charge on any atom is -0.545 e. The molecular weight excluding hydrogens is 653 g/mol. The molecule has 4 nitrogen and oxygen atoms in total. The number of rotatable bonds is 40. The van der Waals surface area contributed by atoms with E-state index >= 15 is 0 Å². The zero-order valence-electron chi connectivity index (χ0n) is 35.5. The number of carboxylic acids is 2. The zero-order chi connectivity index (χ0) is 38.7. The van der Waals surface area contributed by atoms with Crippen LogP contribution < -0.4 is 10.2 Å². The molecule has 0 amide bonds. The van der Waals surface area contributed by atoms with Crippen LogP contribution in [0, 0.1) is 0 Å². The van der Waals surface area contributed by atoms with Gasteiger partial charge in [0.1, 0.15) is 0 Å². The summed E-state index contributed by atoms with van der Waals surface area (Å²) in [7, 11) is 0. The van der Waals surface area contributed by atoms with Gasteiger partial charge < -0.3 is 19.8 Å². The standard InChI is InChI=1S/C49H88O4/c1-4-7-10-13-16-19-22-25-28-31-34-37-42-49(40-35-32-29-26-23-20-17-14-11-8-5-2,41-36-33-30-27-24-21-18-15-12-9-6-3)46-43-44(47(50)51)38-39-45(46)48(52)53/h38-39,43H,4-37,40-42H2,1-3H3,(H,50,51)(H,52,53)/p-2. The van der Waals surface area contributed by atoms with Crippen molar-refractivity contribution in [2.75, 3.05) is 0 Å². The Balaban J connectivity index is 2.94. The molecule has 1 aromatic carbocycles. The molecule has 0 aliphatic heterocycles. The number of carbonyl (C=O) groups is 2. The average Bonchev–Trinajstić information content (AvgIpc) is 3.15. The SMILES string of the molecule is CCCCCCCCCCCCCCC(CCCCCCCCCCCCC)(CCCCCCCCCCCCC)c1cc(C(=O)[O-])ccc1C(=O)[O-]. The van der Waals surface area contributed by atoms with Gasteiger partial charge in [0.15, 0.2) is 0 Å². The third-order valence-corrected chi connectivity index (χ3v) is 12.1. The topological polar surface area (TPSA) is 80.3 Å². The lowest BCUT2D eigenvalue weighted by atomic mass is 9.67. The Labute approximate surface area is 329 Å². The fourth-order valence-corrected chi connectivity index (χ4v) is 8.63. The quantitative estimate of drug-likeness (QED) is 0.0628. The Morgan fingerprint density at radius 3 is 0.906 bits per heavy atom. The minimum absolute atomic E-state index is 0.0851. The highest BCUT2D eigenvalue weighted by atomic mass is 16.4. The van der Waals surface area contributed by atoms with Gasteiger partial charge in [0.2, 0.25) is 0 Å². The molecule has 0 heterocycles. The molecule has 1 aromatic rings. The van der Waals surface area contributed by atoms with Crippen molar-refractivity contribution in [2.45, 2.75) is 264 Å². The first-order valence-electron chi connectivity index (χ1n) is 23.5. The van der Waals surface area contributed by atoms with Gasteiger partial charge >= 0.3 is 0 Å². The van der Waals surface area contributed by atoms with Crippen molar-refractivity contribution in [1.29, 1.82) is 0 Å². The predicted octanol–water partition coefficient (Wildman–Crippen LogP) is 14.1. The number of carbonyl (C=O) groups excluding carboxylic acids is 2. The van der Waals surface area contributed by atoms with Crippen LogP contribution in [0.15, 0.2) is 18.2 Å². The van der Waals surface area contributed by atoms with Crippen LogP contribution >= 0.6 is 0 Å². The van der Waals surface area contributed by atoms with Gasteiger partial charge in [0.25, 0.3) is 0 Å². The lowest BCUT2D eigenvalue weighted by molar-refractivity contribution is -0.256. The summed E-state index contributed by atoms with van der Waals surface area (Å²) in [6.07, 6.45) is 46.3. The number of benzene rings is 1. The third kappa shape index (κ3) is 25.0. The Morgan fingerprint density at radius 2 is 0.660 bits per heavy atom. The zero-order valence-corrected chi connectivity index (χ0v) is 35.5. The summed E-state index contributed by atoms with van der Waals surface area (Å²) in [6.45, 7) is 6.81. The number of hydrogen-bond donors (Lipinski definition) is 0. The molecular formula is C49H86O4-2. The molecule has 0 saturated heterocycles. The summed E-state index contributed by atoms with van der Waals surface area (Å²) < 4.78 is 0. The highest BCUT2D eigenvalue weighted by molar-refractivity contribution is 5.92. The van der Waals surface area contributed by atoms with E-state index in [4.69, 9.17) is 0 Å². The summed E-state index contributed by atoms with van der Waals surface area (Å²) in [5.41, 5.74) is 0.612. The van der Waals surface area contributed by atoms with E-state index < -0.39 is 11.9 Å². The molecule has 0 N–H and O–H groups in total. The first kappa shape index (κ1) is 49.2. The van der Waals surface area contributed by atoms with E-state index in [9.17, 15) is 19.8 Å². The second-order valence-electron chi connectivity index (χ2n) is 16.8. The van der Waals surface area contributed by atoms with Crippen LogP contribution in [-0.2, 0) is 5.41 Å². The Morgan fingerprint density at radius 1 is 0.396 bits per heavy atom. The van der Waals surface area contributed by atoms with Crippen LogP contribution in [-0.4, -0.2) is 11.9 Å². The lowest BCUT2D eigenvalue weighted by Crippen LogP contribution is -2.34. The average molecular weight is 739 g/mol. The molecule has 0 aliphatic carbocycles. The molecule has 0 atom stereocenters. The number of carboxylic acid groups (broad SMARTS) is 2. The minimum atomic E-state index is -1.24. The Kier molecular flexibility index (Phi) is 32.1. The fourth-order valence-electron chi connectivity index (χ4n) is 8.63. The predicted molar refractivity (Wildman–Crippen MR) is 225 cm³/mol. The summed E-state index contributed by atoms with van der Waals surface area (Å²) >= 11 is 0. The van der Waals surface area contributed by atoms with Crippen LogP contribution in [0.3, 0.4) is 0 Å². The summed E-state index contributed by atoms with van der Waals surface area (Å²) in [5, 5.41) is 24.6. The van der Waals surface area contributed by atoms with Gasteiger partial charge in [-0.2, -0.15) is 0 Å². The molecule has 4 heteroatoms. The third-order valence-electron chi connectivity index (χ3n) is 12.1. The van der Waals surface area contributed by atoms with Crippen molar-refractivity contribution in [3.05, 3.63) is 34.9 Å². The molecule has 0 radical (unpaired) electrons. The van der Waals surface area contributed by atoms with Crippen LogP contribution in [0.5, 0.6) is 0 Å². The van der Waals surface area contributed by atoms with Gasteiger partial charge in [0.05, 0.1) is 11.9 Å². The van der Waals surface area contributed by atoms with E-state index in [0.717, 1.165) is 57.8 Å². The molecule has 53 heavy (non-hydrogen) atoms. The molecule has 308 valence electrons. The van der Waals surface area contributed by atoms with Crippen molar-refractivity contribution >= 4 is 11.9 Å². The highest BCUT2D eigenvalue weighted by Crippen LogP contribution is 2.43. The smallest absolute Gasteiger partial charge is 0.0718 e. The first-order valence-corrected chi connectivity index (χ1v) is 23.5. The lowest BCUT2D eigenvalue weighted by Gasteiger charge is -2.38. The van der Waals surface area contributed by atoms with Crippen molar-refractivity contribution in [3.63, 3.8) is 0 Å². The van der Waals surface area contributed by atoms with Gasteiger partial charge in [-0.1, -0.05) is 251 Å². The van der Waals surface area contributed by atoms with Gasteiger partial charge in [-0.3, -0.25) is 0 Å². The van der Waals surface area contributed by atoms with Gasteiger partial charge in [0, 0.05) is 5.56 Å². The molecule has 0 spiro atoms. The van der Waals surface area contributed by atoms with Crippen molar-refractivity contribution in [3.8, 4) is 0 Å². The van der Waals surface area contributed by atoms with Crippen molar-refractivity contribution < 1.29 is 19.8 Å². The van der Waals surface area contributed by atoms with E-state index in [1.165, 1.54) is 192 Å². The number of hydrogen-bond acceptors (Lipinski definition) is 4. The van der Waals surface area contributed by atoms with Crippen LogP contribution in [0.1, 0.15) is 285 Å². The second-order valence-corrected chi connectivity index (χ2v) is 16.8. The van der Waals surface area contributed by atoms with Crippen LogP contribution in [0.2, 0.25) is 0 Å². The van der Waals surface area contributed by atoms with Gasteiger partial charge in [-0.25, -0.2) is 0 Å².